The monoisotopic (exact) mass is 277 g/mol. The van der Waals surface area contributed by atoms with E-state index >= 15 is 0 Å². The van der Waals surface area contributed by atoms with Gasteiger partial charge in [0.05, 0.1) is 0 Å². The van der Waals surface area contributed by atoms with Crippen LogP contribution >= 0.6 is 0 Å². The summed E-state index contributed by atoms with van der Waals surface area (Å²) in [5, 5.41) is 0. The molecule has 1 saturated heterocycles. The van der Waals surface area contributed by atoms with Gasteiger partial charge in [-0.1, -0.05) is 34.6 Å². The van der Waals surface area contributed by atoms with Crippen LogP contribution in [-0.2, 0) is 0 Å². The second-order valence-electron chi connectivity index (χ2n) is 7.07. The molecule has 1 unspecified atom stereocenters. The Morgan fingerprint density at radius 1 is 1.35 bits per heavy atom. The van der Waals surface area contributed by atoms with Crippen molar-refractivity contribution in [2.75, 3.05) is 23.4 Å². The fourth-order valence-electron chi connectivity index (χ4n) is 2.62. The van der Waals surface area contributed by atoms with Gasteiger partial charge in [0.2, 0.25) is 0 Å². The molecule has 1 fully saturated rings. The second kappa shape index (κ2) is 5.56. The second-order valence-corrected chi connectivity index (χ2v) is 7.07. The standard InChI is InChI=1S/C15H27N5/c1-10(2)14-17-12(19-16)8-13(18-14)20-7-6-11(9-20)15(3,4)5/h8,10-11H,6-7,9,16H2,1-5H3,(H,17,18,19). The van der Waals surface area contributed by atoms with Crippen molar-refractivity contribution in [1.29, 1.82) is 0 Å². The third-order valence-electron chi connectivity index (χ3n) is 4.13. The summed E-state index contributed by atoms with van der Waals surface area (Å²) in [5.74, 6) is 9.05. The molecule has 3 N–H and O–H groups in total. The summed E-state index contributed by atoms with van der Waals surface area (Å²) >= 11 is 0. The Morgan fingerprint density at radius 2 is 2.05 bits per heavy atom. The molecular weight excluding hydrogens is 250 g/mol. The average Bonchev–Trinajstić information content (AvgIpc) is 2.87. The van der Waals surface area contributed by atoms with Gasteiger partial charge in [0.15, 0.2) is 0 Å². The Morgan fingerprint density at radius 3 is 2.55 bits per heavy atom. The molecule has 1 aromatic rings. The number of rotatable bonds is 3. The predicted molar refractivity (Wildman–Crippen MR) is 83.7 cm³/mol. The minimum absolute atomic E-state index is 0.295. The molecule has 112 valence electrons. The van der Waals surface area contributed by atoms with Crippen LogP contribution in [0.2, 0.25) is 0 Å². The van der Waals surface area contributed by atoms with E-state index < -0.39 is 0 Å². The maximum Gasteiger partial charge on any atom is 0.145 e. The van der Waals surface area contributed by atoms with Gasteiger partial charge in [-0.3, -0.25) is 0 Å². The molecule has 2 rings (SSSR count). The van der Waals surface area contributed by atoms with Crippen molar-refractivity contribution >= 4 is 11.6 Å². The van der Waals surface area contributed by atoms with Crippen LogP contribution in [0.3, 0.4) is 0 Å². The first-order valence-electron chi connectivity index (χ1n) is 7.42. The number of nitrogens with one attached hydrogen (secondary N) is 1. The average molecular weight is 277 g/mol. The van der Waals surface area contributed by atoms with Crippen molar-refractivity contribution in [2.45, 2.75) is 47.0 Å². The van der Waals surface area contributed by atoms with Crippen LogP contribution in [-0.4, -0.2) is 23.1 Å². The van der Waals surface area contributed by atoms with E-state index in [1.165, 1.54) is 6.42 Å². The van der Waals surface area contributed by atoms with Crippen LogP contribution in [0.1, 0.15) is 52.8 Å². The molecule has 0 aliphatic carbocycles. The summed E-state index contributed by atoms with van der Waals surface area (Å²) in [4.78, 5) is 11.5. The largest absolute Gasteiger partial charge is 0.356 e. The lowest BCUT2D eigenvalue weighted by Crippen LogP contribution is -2.27. The molecule has 1 atom stereocenters. The molecule has 1 aromatic heterocycles. The third-order valence-corrected chi connectivity index (χ3v) is 4.13. The first kappa shape index (κ1) is 15.0. The number of nitrogens with two attached hydrogens (primary N) is 1. The molecule has 0 spiro atoms. The van der Waals surface area contributed by atoms with Gasteiger partial charge in [-0.15, -0.1) is 0 Å². The van der Waals surface area contributed by atoms with E-state index in [-0.39, 0.29) is 0 Å². The van der Waals surface area contributed by atoms with Crippen LogP contribution in [0.15, 0.2) is 6.07 Å². The van der Waals surface area contributed by atoms with Gasteiger partial charge >= 0.3 is 0 Å². The van der Waals surface area contributed by atoms with Gasteiger partial charge in [0.1, 0.15) is 17.5 Å². The van der Waals surface area contributed by atoms with Gasteiger partial charge in [-0.2, -0.15) is 0 Å². The number of hydrogen-bond donors (Lipinski definition) is 2. The first-order valence-corrected chi connectivity index (χ1v) is 7.42. The summed E-state index contributed by atoms with van der Waals surface area (Å²) < 4.78 is 0. The van der Waals surface area contributed by atoms with Crippen molar-refractivity contribution in [3.63, 3.8) is 0 Å². The van der Waals surface area contributed by atoms with E-state index in [9.17, 15) is 0 Å². The number of hydrogen-bond acceptors (Lipinski definition) is 5. The molecule has 20 heavy (non-hydrogen) atoms. The Kier molecular flexibility index (Phi) is 4.18. The summed E-state index contributed by atoms with van der Waals surface area (Å²) in [7, 11) is 0. The molecule has 1 aliphatic heterocycles. The van der Waals surface area contributed by atoms with Gasteiger partial charge in [-0.05, 0) is 17.8 Å². The smallest absolute Gasteiger partial charge is 0.145 e. The lowest BCUT2D eigenvalue weighted by atomic mass is 9.80. The molecule has 5 nitrogen and oxygen atoms in total. The molecule has 0 saturated carbocycles. The van der Waals surface area contributed by atoms with Gasteiger partial charge in [0.25, 0.3) is 0 Å². The predicted octanol–water partition coefficient (Wildman–Crippen LogP) is 2.76. The third kappa shape index (κ3) is 3.20. The van der Waals surface area contributed by atoms with Gasteiger partial charge in [-0.25, -0.2) is 15.8 Å². The summed E-state index contributed by atoms with van der Waals surface area (Å²) in [5.41, 5.74) is 2.99. The summed E-state index contributed by atoms with van der Waals surface area (Å²) in [6.45, 7) is 13.2. The topological polar surface area (TPSA) is 67.1 Å². The van der Waals surface area contributed by atoms with Crippen molar-refractivity contribution in [1.82, 2.24) is 9.97 Å². The molecular formula is C15H27N5. The van der Waals surface area contributed by atoms with Crippen LogP contribution in [0.4, 0.5) is 11.6 Å². The SMILES string of the molecule is CC(C)c1nc(NN)cc(N2CCC(C(C)(C)C)C2)n1. The van der Waals surface area contributed by atoms with Crippen LogP contribution in [0.5, 0.6) is 0 Å². The number of nitrogen functional groups attached to an aromatic ring is 1. The fraction of sp³-hybridized carbons (Fsp3) is 0.733. The zero-order chi connectivity index (χ0) is 14.9. The Labute approximate surface area is 121 Å². The molecule has 5 heteroatoms. The molecule has 0 bridgehead atoms. The molecule has 0 amide bonds. The maximum atomic E-state index is 5.52. The summed E-state index contributed by atoms with van der Waals surface area (Å²) in [6.07, 6.45) is 1.22. The maximum absolute atomic E-state index is 5.52. The Bertz CT molecular complexity index is 464. The number of anilines is 2. The number of hydrazine groups is 1. The Hall–Kier alpha value is -1.36. The van der Waals surface area contributed by atoms with Crippen molar-refractivity contribution in [3.05, 3.63) is 11.9 Å². The lowest BCUT2D eigenvalue weighted by Gasteiger charge is -2.27. The van der Waals surface area contributed by atoms with Crippen molar-refractivity contribution in [2.24, 2.45) is 17.2 Å². The van der Waals surface area contributed by atoms with Crippen molar-refractivity contribution < 1.29 is 0 Å². The quantitative estimate of drug-likeness (QED) is 0.657. The highest BCUT2D eigenvalue weighted by Crippen LogP contribution is 2.35. The van der Waals surface area contributed by atoms with E-state index in [1.807, 2.05) is 6.07 Å². The van der Waals surface area contributed by atoms with E-state index in [2.05, 4.69) is 49.9 Å². The van der Waals surface area contributed by atoms with E-state index in [4.69, 9.17) is 10.8 Å². The molecule has 0 aromatic carbocycles. The molecule has 0 radical (unpaired) electrons. The Balaban J connectivity index is 2.23. The highest BCUT2D eigenvalue weighted by atomic mass is 15.3. The van der Waals surface area contributed by atoms with E-state index in [0.29, 0.717) is 23.1 Å². The van der Waals surface area contributed by atoms with Gasteiger partial charge in [0, 0.05) is 25.1 Å². The number of aromatic nitrogens is 2. The summed E-state index contributed by atoms with van der Waals surface area (Å²) in [6, 6.07) is 1.94. The normalized spacial score (nSPS) is 19.8. The molecule has 2 heterocycles. The first-order chi connectivity index (χ1) is 9.31. The van der Waals surface area contributed by atoms with Crippen LogP contribution in [0.25, 0.3) is 0 Å². The highest BCUT2D eigenvalue weighted by molar-refractivity contribution is 5.49. The fourth-order valence-corrected chi connectivity index (χ4v) is 2.62. The molecule has 1 aliphatic rings. The van der Waals surface area contributed by atoms with Gasteiger partial charge < -0.3 is 10.3 Å². The van der Waals surface area contributed by atoms with Crippen LogP contribution in [0, 0.1) is 11.3 Å². The highest BCUT2D eigenvalue weighted by Gasteiger charge is 2.32. The minimum atomic E-state index is 0.295. The zero-order valence-electron chi connectivity index (χ0n) is 13.3. The van der Waals surface area contributed by atoms with Crippen LogP contribution < -0.4 is 16.2 Å². The van der Waals surface area contributed by atoms with Crippen molar-refractivity contribution in [3.8, 4) is 0 Å². The number of nitrogens with zero attached hydrogens (tertiary/aromatic N) is 3. The minimum Gasteiger partial charge on any atom is -0.356 e. The van der Waals surface area contributed by atoms with E-state index in [0.717, 1.165) is 24.7 Å². The van der Waals surface area contributed by atoms with E-state index in [1.54, 1.807) is 0 Å². The zero-order valence-corrected chi connectivity index (χ0v) is 13.3. The lowest BCUT2D eigenvalue weighted by molar-refractivity contribution is 0.263.